The molecule has 0 radical (unpaired) electrons. The molecule has 0 saturated carbocycles. The summed E-state index contributed by atoms with van der Waals surface area (Å²) in [4.78, 5) is 24.7. The molecule has 0 aliphatic carbocycles. The molecular formula is C12H17ClF3N3O2. The molecule has 1 aromatic rings. The van der Waals surface area contributed by atoms with Crippen LogP contribution in [0.4, 0.5) is 13.2 Å². The highest BCUT2D eigenvalue weighted by Gasteiger charge is 2.32. The number of halogens is 4. The SMILES string of the molecule is CCCNCCNC(=O)c1ccc(C(F)(F)F)[nH]c1=O.Cl. The lowest BCUT2D eigenvalue weighted by Crippen LogP contribution is -2.35. The number of nitrogens with one attached hydrogen (secondary N) is 3. The Bertz CT molecular complexity index is 517. The highest BCUT2D eigenvalue weighted by atomic mass is 35.5. The lowest BCUT2D eigenvalue weighted by Gasteiger charge is -2.08. The molecule has 0 fully saturated rings. The molecule has 0 bridgehead atoms. The van der Waals surface area contributed by atoms with E-state index in [4.69, 9.17) is 0 Å². The largest absolute Gasteiger partial charge is 0.431 e. The number of aromatic amines is 1. The second-order valence-corrected chi connectivity index (χ2v) is 4.12. The fraction of sp³-hybridized carbons (Fsp3) is 0.500. The first-order valence-corrected chi connectivity index (χ1v) is 6.15. The summed E-state index contributed by atoms with van der Waals surface area (Å²) in [6.07, 6.45) is -3.69. The van der Waals surface area contributed by atoms with Gasteiger partial charge in [0.15, 0.2) is 0 Å². The first kappa shape index (κ1) is 19.5. The van der Waals surface area contributed by atoms with Crippen molar-refractivity contribution in [2.45, 2.75) is 19.5 Å². The monoisotopic (exact) mass is 327 g/mol. The molecule has 0 spiro atoms. The Kier molecular flexibility index (Phi) is 8.05. The Morgan fingerprint density at radius 3 is 2.43 bits per heavy atom. The van der Waals surface area contributed by atoms with Crippen LogP contribution in [0.2, 0.25) is 0 Å². The van der Waals surface area contributed by atoms with Crippen molar-refractivity contribution in [3.63, 3.8) is 0 Å². The van der Waals surface area contributed by atoms with Crippen LogP contribution in [0.5, 0.6) is 0 Å². The molecule has 0 aliphatic rings. The molecule has 1 amide bonds. The molecular weight excluding hydrogens is 311 g/mol. The molecule has 0 aromatic carbocycles. The number of rotatable bonds is 6. The van der Waals surface area contributed by atoms with Crippen molar-refractivity contribution in [1.29, 1.82) is 0 Å². The molecule has 1 heterocycles. The van der Waals surface area contributed by atoms with E-state index in [9.17, 15) is 22.8 Å². The normalized spacial score (nSPS) is 10.9. The van der Waals surface area contributed by atoms with Crippen molar-refractivity contribution in [2.24, 2.45) is 0 Å². The third-order valence-electron chi connectivity index (χ3n) is 2.47. The van der Waals surface area contributed by atoms with Crippen LogP contribution in [-0.2, 0) is 6.18 Å². The van der Waals surface area contributed by atoms with Gasteiger partial charge in [-0.15, -0.1) is 12.4 Å². The fourth-order valence-corrected chi connectivity index (χ4v) is 1.48. The van der Waals surface area contributed by atoms with Crippen LogP contribution in [0, 0.1) is 0 Å². The Labute approximate surface area is 125 Å². The molecule has 9 heteroatoms. The summed E-state index contributed by atoms with van der Waals surface area (Å²) in [5.41, 5.74) is -2.57. The summed E-state index contributed by atoms with van der Waals surface area (Å²) in [7, 11) is 0. The van der Waals surface area contributed by atoms with Crippen LogP contribution < -0.4 is 16.2 Å². The lowest BCUT2D eigenvalue weighted by molar-refractivity contribution is -0.141. The standard InChI is InChI=1S/C12H16F3N3O2.ClH/c1-2-5-16-6-7-17-10(19)8-3-4-9(12(13,14)15)18-11(8)20;/h3-4,16H,2,5-7H2,1H3,(H,17,19)(H,18,20);1H. The molecule has 5 nitrogen and oxygen atoms in total. The van der Waals surface area contributed by atoms with Gasteiger partial charge in [0.2, 0.25) is 0 Å². The Balaban J connectivity index is 0.00000400. The van der Waals surface area contributed by atoms with Crippen LogP contribution >= 0.6 is 12.4 Å². The van der Waals surface area contributed by atoms with Crippen molar-refractivity contribution >= 4 is 18.3 Å². The number of carbonyl (C=O) groups is 1. The molecule has 0 atom stereocenters. The highest BCUT2D eigenvalue weighted by molar-refractivity contribution is 5.93. The maximum Gasteiger partial charge on any atom is 0.431 e. The summed E-state index contributed by atoms with van der Waals surface area (Å²) < 4.78 is 37.0. The summed E-state index contributed by atoms with van der Waals surface area (Å²) in [6.45, 7) is 3.61. The van der Waals surface area contributed by atoms with E-state index in [0.717, 1.165) is 19.0 Å². The minimum absolute atomic E-state index is 0. The van der Waals surface area contributed by atoms with Gasteiger partial charge in [0.05, 0.1) is 0 Å². The Morgan fingerprint density at radius 2 is 1.90 bits per heavy atom. The van der Waals surface area contributed by atoms with E-state index in [0.29, 0.717) is 19.2 Å². The topological polar surface area (TPSA) is 74.0 Å². The second-order valence-electron chi connectivity index (χ2n) is 4.12. The number of hydrogen-bond donors (Lipinski definition) is 3. The summed E-state index contributed by atoms with van der Waals surface area (Å²) in [5.74, 6) is -0.696. The van der Waals surface area contributed by atoms with Gasteiger partial charge >= 0.3 is 6.18 Å². The highest BCUT2D eigenvalue weighted by Crippen LogP contribution is 2.26. The van der Waals surface area contributed by atoms with Crippen molar-refractivity contribution in [1.82, 2.24) is 15.6 Å². The quantitative estimate of drug-likeness (QED) is 0.694. The van der Waals surface area contributed by atoms with Crippen LogP contribution in [0.3, 0.4) is 0 Å². The molecule has 21 heavy (non-hydrogen) atoms. The molecule has 1 aromatic heterocycles. The summed E-state index contributed by atoms with van der Waals surface area (Å²) in [6, 6.07) is 1.54. The number of H-pyrrole nitrogens is 1. The first-order valence-electron chi connectivity index (χ1n) is 6.15. The van der Waals surface area contributed by atoms with Crippen LogP contribution in [-0.4, -0.2) is 30.5 Å². The molecule has 120 valence electrons. The smallest absolute Gasteiger partial charge is 0.351 e. The average Bonchev–Trinajstić information content (AvgIpc) is 2.37. The second kappa shape index (κ2) is 8.68. The number of aromatic nitrogens is 1. The molecule has 0 aliphatic heterocycles. The van der Waals surface area contributed by atoms with Crippen molar-refractivity contribution in [2.75, 3.05) is 19.6 Å². The van der Waals surface area contributed by atoms with Crippen molar-refractivity contribution < 1.29 is 18.0 Å². The van der Waals surface area contributed by atoms with E-state index in [-0.39, 0.29) is 18.0 Å². The van der Waals surface area contributed by atoms with E-state index >= 15 is 0 Å². The third-order valence-corrected chi connectivity index (χ3v) is 2.47. The molecule has 0 unspecified atom stereocenters. The third kappa shape index (κ3) is 6.17. The van der Waals surface area contributed by atoms with Gasteiger partial charge in [-0.1, -0.05) is 6.92 Å². The zero-order chi connectivity index (χ0) is 15.2. The summed E-state index contributed by atoms with van der Waals surface area (Å²) in [5, 5.41) is 5.49. The van der Waals surface area contributed by atoms with Crippen LogP contribution in [0.15, 0.2) is 16.9 Å². The number of carbonyl (C=O) groups excluding carboxylic acids is 1. The average molecular weight is 328 g/mol. The van der Waals surface area contributed by atoms with Crippen molar-refractivity contribution in [3.8, 4) is 0 Å². The predicted molar refractivity (Wildman–Crippen MR) is 74.8 cm³/mol. The maximum absolute atomic E-state index is 12.3. The van der Waals surface area contributed by atoms with Crippen LogP contribution in [0.25, 0.3) is 0 Å². The molecule has 3 N–H and O–H groups in total. The molecule has 1 rings (SSSR count). The maximum atomic E-state index is 12.3. The van der Waals surface area contributed by atoms with Gasteiger partial charge in [0, 0.05) is 13.1 Å². The fourth-order valence-electron chi connectivity index (χ4n) is 1.48. The van der Waals surface area contributed by atoms with E-state index in [2.05, 4.69) is 10.6 Å². The van der Waals surface area contributed by atoms with Crippen molar-refractivity contribution in [3.05, 3.63) is 33.7 Å². The van der Waals surface area contributed by atoms with E-state index < -0.39 is 23.3 Å². The molecule has 0 saturated heterocycles. The van der Waals surface area contributed by atoms with Gasteiger partial charge in [-0.2, -0.15) is 13.2 Å². The van der Waals surface area contributed by atoms with Crippen LogP contribution in [0.1, 0.15) is 29.4 Å². The zero-order valence-corrected chi connectivity index (χ0v) is 12.2. The number of amides is 1. The van der Waals surface area contributed by atoms with Gasteiger partial charge in [-0.3, -0.25) is 9.59 Å². The Morgan fingerprint density at radius 1 is 1.24 bits per heavy atom. The number of hydrogen-bond acceptors (Lipinski definition) is 3. The first-order chi connectivity index (χ1) is 9.36. The number of pyridine rings is 1. The number of alkyl halides is 3. The lowest BCUT2D eigenvalue weighted by atomic mass is 10.2. The van der Waals surface area contributed by atoms with Gasteiger partial charge in [-0.25, -0.2) is 0 Å². The van der Waals surface area contributed by atoms with Gasteiger partial charge in [0.1, 0.15) is 11.3 Å². The van der Waals surface area contributed by atoms with Gasteiger partial charge in [-0.05, 0) is 25.1 Å². The minimum Gasteiger partial charge on any atom is -0.351 e. The zero-order valence-electron chi connectivity index (χ0n) is 11.3. The predicted octanol–water partition coefficient (Wildman–Crippen LogP) is 1.54. The van der Waals surface area contributed by atoms with E-state index in [1.807, 2.05) is 6.92 Å². The minimum atomic E-state index is -4.64. The van der Waals surface area contributed by atoms with Gasteiger partial charge in [0.25, 0.3) is 11.5 Å². The summed E-state index contributed by atoms with van der Waals surface area (Å²) >= 11 is 0. The van der Waals surface area contributed by atoms with E-state index in [1.165, 1.54) is 0 Å². The van der Waals surface area contributed by atoms with E-state index in [1.54, 1.807) is 4.98 Å². The van der Waals surface area contributed by atoms with Gasteiger partial charge < -0.3 is 15.6 Å². The Hall–Kier alpha value is -1.54.